The van der Waals surface area contributed by atoms with Crippen LogP contribution in [0.1, 0.15) is 16.0 Å². The van der Waals surface area contributed by atoms with Crippen molar-refractivity contribution < 1.29 is 9.13 Å². The predicted molar refractivity (Wildman–Crippen MR) is 87.5 cm³/mol. The monoisotopic (exact) mass is 420 g/mol. The van der Waals surface area contributed by atoms with Gasteiger partial charge in [0.25, 0.3) is 0 Å². The summed E-state index contributed by atoms with van der Waals surface area (Å²) in [6.07, 6.45) is 0.510. The molecule has 2 aromatic rings. The van der Waals surface area contributed by atoms with Crippen LogP contribution in [0.4, 0.5) is 4.39 Å². The number of methoxy groups -OCH3 is 1. The molecule has 0 aliphatic rings. The van der Waals surface area contributed by atoms with Crippen molar-refractivity contribution in [1.82, 2.24) is 0 Å². The largest absolute Gasteiger partial charge is 0.495 e. The Morgan fingerprint density at radius 1 is 1.30 bits per heavy atom. The lowest BCUT2D eigenvalue weighted by Crippen LogP contribution is -2.01. The number of rotatable bonds is 4. The molecule has 0 bridgehead atoms. The standard InChI is InChI=1S/C15H12Br2ClFO/c1-20-15-11(7-10(18)8-13(15)17)12(16)6-9-4-2-3-5-14(9)19/h2-5,7-8,12H,6H2,1H3. The Kier molecular flexibility index (Phi) is 5.47. The minimum atomic E-state index is -0.211. The van der Waals surface area contributed by atoms with Crippen molar-refractivity contribution in [2.24, 2.45) is 0 Å². The normalized spacial score (nSPS) is 12.2. The van der Waals surface area contributed by atoms with Crippen LogP contribution in [-0.2, 0) is 6.42 Å². The third kappa shape index (κ3) is 3.54. The van der Waals surface area contributed by atoms with Gasteiger partial charge in [0.15, 0.2) is 0 Å². The molecule has 106 valence electrons. The molecule has 0 aliphatic carbocycles. The van der Waals surface area contributed by atoms with Crippen molar-refractivity contribution in [2.45, 2.75) is 11.2 Å². The van der Waals surface area contributed by atoms with Gasteiger partial charge in [-0.2, -0.15) is 0 Å². The van der Waals surface area contributed by atoms with Crippen LogP contribution in [-0.4, -0.2) is 7.11 Å². The van der Waals surface area contributed by atoms with Crippen LogP contribution < -0.4 is 4.74 Å². The van der Waals surface area contributed by atoms with Gasteiger partial charge >= 0.3 is 0 Å². The molecule has 0 saturated heterocycles. The lowest BCUT2D eigenvalue weighted by Gasteiger charge is -2.16. The second-order valence-corrected chi connectivity index (χ2v) is 6.67. The lowest BCUT2D eigenvalue weighted by atomic mass is 10.0. The highest BCUT2D eigenvalue weighted by atomic mass is 79.9. The van der Waals surface area contributed by atoms with Gasteiger partial charge in [0.1, 0.15) is 11.6 Å². The first-order valence-electron chi connectivity index (χ1n) is 5.93. The summed E-state index contributed by atoms with van der Waals surface area (Å²) in [6.45, 7) is 0. The van der Waals surface area contributed by atoms with Crippen molar-refractivity contribution in [3.63, 3.8) is 0 Å². The summed E-state index contributed by atoms with van der Waals surface area (Å²) in [5.41, 5.74) is 1.53. The maximum atomic E-state index is 13.7. The van der Waals surface area contributed by atoms with E-state index >= 15 is 0 Å². The summed E-state index contributed by atoms with van der Waals surface area (Å²) < 4.78 is 19.9. The molecule has 0 fully saturated rings. The summed E-state index contributed by atoms with van der Waals surface area (Å²) in [6, 6.07) is 10.3. The minimum Gasteiger partial charge on any atom is -0.495 e. The molecule has 0 aromatic heterocycles. The van der Waals surface area contributed by atoms with E-state index in [1.165, 1.54) is 6.07 Å². The van der Waals surface area contributed by atoms with Crippen LogP contribution in [0, 0.1) is 5.82 Å². The molecule has 2 aromatic carbocycles. The summed E-state index contributed by atoms with van der Waals surface area (Å²) in [4.78, 5) is -0.0932. The van der Waals surface area contributed by atoms with Gasteiger partial charge in [0.2, 0.25) is 0 Å². The summed E-state index contributed by atoms with van der Waals surface area (Å²) in [5.74, 6) is 0.490. The Hall–Kier alpha value is -0.580. The fraction of sp³-hybridized carbons (Fsp3) is 0.200. The molecular weight excluding hydrogens is 410 g/mol. The third-order valence-corrected chi connectivity index (χ3v) is 4.56. The Labute approximate surface area is 139 Å². The van der Waals surface area contributed by atoms with Gasteiger partial charge < -0.3 is 4.74 Å². The quantitative estimate of drug-likeness (QED) is 0.555. The Morgan fingerprint density at radius 2 is 2.00 bits per heavy atom. The molecule has 2 rings (SSSR count). The first-order valence-corrected chi connectivity index (χ1v) is 8.02. The number of hydrogen-bond acceptors (Lipinski definition) is 1. The smallest absolute Gasteiger partial charge is 0.137 e. The van der Waals surface area contributed by atoms with Gasteiger partial charge in [0.05, 0.1) is 11.6 Å². The molecule has 0 heterocycles. The molecule has 0 saturated carbocycles. The molecule has 0 N–H and O–H groups in total. The van der Waals surface area contributed by atoms with Gasteiger partial charge in [-0.25, -0.2) is 4.39 Å². The van der Waals surface area contributed by atoms with E-state index in [4.69, 9.17) is 16.3 Å². The molecule has 5 heteroatoms. The van der Waals surface area contributed by atoms with E-state index in [9.17, 15) is 4.39 Å². The maximum absolute atomic E-state index is 13.7. The fourth-order valence-electron chi connectivity index (χ4n) is 2.00. The van der Waals surface area contributed by atoms with Gasteiger partial charge in [-0.15, -0.1) is 0 Å². The predicted octanol–water partition coefficient (Wildman–Crippen LogP) is 5.93. The van der Waals surface area contributed by atoms with Crippen LogP contribution in [0.25, 0.3) is 0 Å². The highest BCUT2D eigenvalue weighted by molar-refractivity contribution is 9.10. The van der Waals surface area contributed by atoms with Crippen LogP contribution in [0.3, 0.4) is 0 Å². The second-order valence-electron chi connectivity index (χ2n) is 4.27. The third-order valence-electron chi connectivity index (χ3n) is 2.94. The maximum Gasteiger partial charge on any atom is 0.137 e. The summed E-state index contributed by atoms with van der Waals surface area (Å²) >= 11 is 13.1. The van der Waals surface area contributed by atoms with E-state index in [0.29, 0.717) is 22.8 Å². The number of ether oxygens (including phenoxy) is 1. The Morgan fingerprint density at radius 3 is 2.65 bits per heavy atom. The number of hydrogen-bond donors (Lipinski definition) is 0. The van der Waals surface area contributed by atoms with Crippen molar-refractivity contribution in [3.8, 4) is 5.75 Å². The lowest BCUT2D eigenvalue weighted by molar-refractivity contribution is 0.406. The van der Waals surface area contributed by atoms with E-state index in [2.05, 4.69) is 31.9 Å². The van der Waals surface area contributed by atoms with E-state index in [1.54, 1.807) is 25.3 Å². The SMILES string of the molecule is COc1c(Br)cc(Cl)cc1C(Br)Cc1ccccc1F. The van der Waals surface area contributed by atoms with E-state index in [0.717, 1.165) is 10.0 Å². The van der Waals surface area contributed by atoms with Gasteiger partial charge in [-0.05, 0) is 46.1 Å². The zero-order valence-electron chi connectivity index (χ0n) is 10.7. The minimum absolute atomic E-state index is 0.0932. The molecule has 1 atom stereocenters. The van der Waals surface area contributed by atoms with Crippen LogP contribution in [0.15, 0.2) is 40.9 Å². The van der Waals surface area contributed by atoms with Gasteiger partial charge in [-0.3, -0.25) is 0 Å². The van der Waals surface area contributed by atoms with Crippen LogP contribution in [0.2, 0.25) is 5.02 Å². The Bertz CT molecular complexity index is 619. The van der Waals surface area contributed by atoms with Crippen molar-refractivity contribution in [1.29, 1.82) is 0 Å². The zero-order valence-corrected chi connectivity index (χ0v) is 14.6. The van der Waals surface area contributed by atoms with Crippen LogP contribution in [0.5, 0.6) is 5.75 Å². The number of benzene rings is 2. The fourth-order valence-corrected chi connectivity index (χ4v) is 3.68. The van der Waals surface area contributed by atoms with Crippen molar-refractivity contribution in [3.05, 3.63) is 62.8 Å². The van der Waals surface area contributed by atoms with E-state index in [1.807, 2.05) is 12.1 Å². The van der Waals surface area contributed by atoms with Crippen molar-refractivity contribution in [2.75, 3.05) is 7.11 Å². The molecule has 0 radical (unpaired) electrons. The van der Waals surface area contributed by atoms with Gasteiger partial charge in [0, 0.05) is 15.4 Å². The summed E-state index contributed by atoms with van der Waals surface area (Å²) in [5, 5.41) is 0.602. The highest BCUT2D eigenvalue weighted by Gasteiger charge is 2.18. The molecule has 0 amide bonds. The molecule has 0 spiro atoms. The Balaban J connectivity index is 2.34. The molecule has 1 unspecified atom stereocenters. The number of alkyl halides is 1. The van der Waals surface area contributed by atoms with E-state index in [-0.39, 0.29) is 10.6 Å². The molecule has 20 heavy (non-hydrogen) atoms. The average molecular weight is 423 g/mol. The number of halogens is 4. The first-order chi connectivity index (χ1) is 9.52. The topological polar surface area (TPSA) is 9.23 Å². The molecular formula is C15H12Br2ClFO. The van der Waals surface area contributed by atoms with Gasteiger partial charge in [-0.1, -0.05) is 45.7 Å². The average Bonchev–Trinajstić information content (AvgIpc) is 2.40. The van der Waals surface area contributed by atoms with E-state index < -0.39 is 0 Å². The highest BCUT2D eigenvalue weighted by Crippen LogP contribution is 2.40. The zero-order chi connectivity index (χ0) is 14.7. The van der Waals surface area contributed by atoms with Crippen LogP contribution >= 0.6 is 43.5 Å². The van der Waals surface area contributed by atoms with Crippen molar-refractivity contribution >= 4 is 43.5 Å². The first kappa shape index (κ1) is 15.8. The second kappa shape index (κ2) is 6.92. The molecule has 0 aliphatic heterocycles. The molecule has 1 nitrogen and oxygen atoms in total. The summed E-state index contributed by atoms with van der Waals surface area (Å²) in [7, 11) is 1.60.